The SMILES string of the molecule is NCCN(Cc1cccs1)C1CCCCC1. The van der Waals surface area contributed by atoms with Crippen LogP contribution >= 0.6 is 11.3 Å². The normalized spacial score (nSPS) is 18.1. The van der Waals surface area contributed by atoms with Gasteiger partial charge in [-0.3, -0.25) is 4.90 Å². The first-order valence-electron chi connectivity index (χ1n) is 6.36. The Kier molecular flexibility index (Phi) is 4.82. The van der Waals surface area contributed by atoms with Gasteiger partial charge in [0.1, 0.15) is 0 Å². The average molecular weight is 238 g/mol. The summed E-state index contributed by atoms with van der Waals surface area (Å²) in [5.41, 5.74) is 5.73. The Morgan fingerprint density at radius 1 is 1.31 bits per heavy atom. The van der Waals surface area contributed by atoms with Gasteiger partial charge in [0.05, 0.1) is 0 Å². The van der Waals surface area contributed by atoms with Crippen LogP contribution < -0.4 is 5.73 Å². The maximum atomic E-state index is 5.73. The zero-order valence-electron chi connectivity index (χ0n) is 9.90. The van der Waals surface area contributed by atoms with E-state index in [2.05, 4.69) is 22.4 Å². The highest BCUT2D eigenvalue weighted by Gasteiger charge is 2.20. The van der Waals surface area contributed by atoms with Crippen LogP contribution in [0.2, 0.25) is 0 Å². The Hall–Kier alpha value is -0.380. The van der Waals surface area contributed by atoms with Gasteiger partial charge in [-0.05, 0) is 24.3 Å². The lowest BCUT2D eigenvalue weighted by atomic mass is 9.94. The van der Waals surface area contributed by atoms with Crippen LogP contribution in [0.25, 0.3) is 0 Å². The van der Waals surface area contributed by atoms with Crippen LogP contribution in [0.15, 0.2) is 17.5 Å². The standard InChI is InChI=1S/C13H22N2S/c14-8-9-15(11-13-7-4-10-16-13)12-5-2-1-3-6-12/h4,7,10,12H,1-3,5-6,8-9,11,14H2. The highest BCUT2D eigenvalue weighted by molar-refractivity contribution is 7.09. The van der Waals surface area contributed by atoms with Gasteiger partial charge in [-0.25, -0.2) is 0 Å². The molecule has 2 N–H and O–H groups in total. The number of hydrogen-bond donors (Lipinski definition) is 1. The van der Waals surface area contributed by atoms with Crippen LogP contribution in [0.5, 0.6) is 0 Å². The van der Waals surface area contributed by atoms with Crippen LogP contribution in [0.4, 0.5) is 0 Å². The van der Waals surface area contributed by atoms with E-state index in [0.717, 1.165) is 25.7 Å². The van der Waals surface area contributed by atoms with Gasteiger partial charge in [-0.2, -0.15) is 0 Å². The quantitative estimate of drug-likeness (QED) is 0.854. The molecule has 3 heteroatoms. The van der Waals surface area contributed by atoms with Crippen LogP contribution in [0.1, 0.15) is 37.0 Å². The summed E-state index contributed by atoms with van der Waals surface area (Å²) in [7, 11) is 0. The van der Waals surface area contributed by atoms with E-state index < -0.39 is 0 Å². The topological polar surface area (TPSA) is 29.3 Å². The lowest BCUT2D eigenvalue weighted by Gasteiger charge is -2.33. The number of nitrogens with zero attached hydrogens (tertiary/aromatic N) is 1. The molecule has 1 heterocycles. The molecule has 0 bridgehead atoms. The van der Waals surface area contributed by atoms with Gasteiger partial charge in [0.2, 0.25) is 0 Å². The minimum absolute atomic E-state index is 0.777. The molecule has 1 aliphatic rings. The molecule has 1 aliphatic carbocycles. The van der Waals surface area contributed by atoms with Gasteiger partial charge in [0.25, 0.3) is 0 Å². The summed E-state index contributed by atoms with van der Waals surface area (Å²) in [5.74, 6) is 0. The highest BCUT2D eigenvalue weighted by Crippen LogP contribution is 2.24. The molecule has 0 unspecified atom stereocenters. The lowest BCUT2D eigenvalue weighted by Crippen LogP contribution is -2.39. The summed E-state index contributed by atoms with van der Waals surface area (Å²) in [6, 6.07) is 5.15. The Morgan fingerprint density at radius 2 is 2.12 bits per heavy atom. The smallest absolute Gasteiger partial charge is 0.0331 e. The fourth-order valence-corrected chi connectivity index (χ4v) is 3.33. The van der Waals surface area contributed by atoms with Gasteiger partial charge < -0.3 is 5.73 Å². The Morgan fingerprint density at radius 3 is 2.75 bits per heavy atom. The Bertz CT molecular complexity index is 278. The first kappa shape index (κ1) is 12.1. The van der Waals surface area contributed by atoms with E-state index in [-0.39, 0.29) is 0 Å². The van der Waals surface area contributed by atoms with Crippen LogP contribution in [0, 0.1) is 0 Å². The fourth-order valence-electron chi connectivity index (χ4n) is 2.61. The highest BCUT2D eigenvalue weighted by atomic mass is 32.1. The molecule has 0 aromatic carbocycles. The van der Waals surface area contributed by atoms with Crippen LogP contribution in [-0.2, 0) is 6.54 Å². The molecule has 1 fully saturated rings. The largest absolute Gasteiger partial charge is 0.329 e. The Balaban J connectivity index is 1.92. The van der Waals surface area contributed by atoms with Crippen molar-refractivity contribution >= 4 is 11.3 Å². The molecule has 1 aromatic heterocycles. The van der Waals surface area contributed by atoms with E-state index >= 15 is 0 Å². The summed E-state index contributed by atoms with van der Waals surface area (Å²) in [6.45, 7) is 2.92. The van der Waals surface area contributed by atoms with E-state index in [9.17, 15) is 0 Å². The van der Waals surface area contributed by atoms with Crippen molar-refractivity contribution in [3.63, 3.8) is 0 Å². The molecule has 90 valence electrons. The molecule has 0 saturated heterocycles. The van der Waals surface area contributed by atoms with Crippen molar-refractivity contribution in [2.45, 2.75) is 44.7 Å². The molecular formula is C13H22N2S. The summed E-state index contributed by atoms with van der Waals surface area (Å²) >= 11 is 1.86. The minimum atomic E-state index is 0.777. The summed E-state index contributed by atoms with van der Waals surface area (Å²) in [4.78, 5) is 4.06. The van der Waals surface area contributed by atoms with E-state index in [4.69, 9.17) is 5.73 Å². The molecular weight excluding hydrogens is 216 g/mol. The fraction of sp³-hybridized carbons (Fsp3) is 0.692. The van der Waals surface area contributed by atoms with Crippen molar-refractivity contribution in [2.75, 3.05) is 13.1 Å². The summed E-state index contributed by atoms with van der Waals surface area (Å²) in [6.07, 6.45) is 6.95. The van der Waals surface area contributed by atoms with E-state index in [1.54, 1.807) is 0 Å². The second kappa shape index (κ2) is 6.38. The van der Waals surface area contributed by atoms with Crippen molar-refractivity contribution in [1.29, 1.82) is 0 Å². The predicted octanol–water partition coefficient (Wildman–Crippen LogP) is 2.84. The number of hydrogen-bond acceptors (Lipinski definition) is 3. The third-order valence-corrected chi connectivity index (χ3v) is 4.31. The van der Waals surface area contributed by atoms with Crippen LogP contribution in [0.3, 0.4) is 0 Å². The van der Waals surface area contributed by atoms with Gasteiger partial charge in [0, 0.05) is 30.6 Å². The third-order valence-electron chi connectivity index (χ3n) is 3.45. The maximum Gasteiger partial charge on any atom is 0.0331 e. The van der Waals surface area contributed by atoms with E-state index in [0.29, 0.717) is 0 Å². The summed E-state index contributed by atoms with van der Waals surface area (Å²) in [5, 5.41) is 2.16. The van der Waals surface area contributed by atoms with Crippen molar-refractivity contribution in [1.82, 2.24) is 4.90 Å². The molecule has 2 rings (SSSR count). The number of thiophene rings is 1. The maximum absolute atomic E-state index is 5.73. The first-order chi connectivity index (χ1) is 7.90. The van der Waals surface area contributed by atoms with Gasteiger partial charge >= 0.3 is 0 Å². The molecule has 0 aliphatic heterocycles. The zero-order valence-corrected chi connectivity index (χ0v) is 10.7. The molecule has 1 aromatic rings. The van der Waals surface area contributed by atoms with E-state index in [1.807, 2.05) is 11.3 Å². The second-order valence-corrected chi connectivity index (χ2v) is 5.66. The number of nitrogens with two attached hydrogens (primary N) is 1. The molecule has 16 heavy (non-hydrogen) atoms. The van der Waals surface area contributed by atoms with Crippen molar-refractivity contribution in [3.05, 3.63) is 22.4 Å². The van der Waals surface area contributed by atoms with Crippen LogP contribution in [-0.4, -0.2) is 24.0 Å². The molecule has 1 saturated carbocycles. The lowest BCUT2D eigenvalue weighted by molar-refractivity contribution is 0.153. The first-order valence-corrected chi connectivity index (χ1v) is 7.24. The molecule has 0 amide bonds. The number of rotatable bonds is 5. The molecule has 0 spiro atoms. The monoisotopic (exact) mass is 238 g/mol. The van der Waals surface area contributed by atoms with Crippen molar-refractivity contribution in [2.24, 2.45) is 5.73 Å². The van der Waals surface area contributed by atoms with E-state index in [1.165, 1.54) is 37.0 Å². The third kappa shape index (κ3) is 3.30. The predicted molar refractivity (Wildman–Crippen MR) is 70.7 cm³/mol. The molecule has 2 nitrogen and oxygen atoms in total. The van der Waals surface area contributed by atoms with Crippen molar-refractivity contribution < 1.29 is 0 Å². The van der Waals surface area contributed by atoms with Gasteiger partial charge in [0.15, 0.2) is 0 Å². The second-order valence-electron chi connectivity index (χ2n) is 4.63. The molecule has 0 atom stereocenters. The van der Waals surface area contributed by atoms with Gasteiger partial charge in [-0.15, -0.1) is 11.3 Å². The zero-order chi connectivity index (χ0) is 11.2. The Labute approximate surface area is 102 Å². The summed E-state index contributed by atoms with van der Waals surface area (Å²) < 4.78 is 0. The molecule has 0 radical (unpaired) electrons. The van der Waals surface area contributed by atoms with Crippen molar-refractivity contribution in [3.8, 4) is 0 Å². The minimum Gasteiger partial charge on any atom is -0.329 e. The van der Waals surface area contributed by atoms with Gasteiger partial charge in [-0.1, -0.05) is 25.3 Å². The average Bonchev–Trinajstić information content (AvgIpc) is 2.83.